The average molecular weight is 464 g/mol. The van der Waals surface area contributed by atoms with Crippen molar-refractivity contribution in [2.24, 2.45) is 0 Å². The van der Waals surface area contributed by atoms with E-state index in [0.717, 1.165) is 12.0 Å². The minimum absolute atomic E-state index is 0.0846. The van der Waals surface area contributed by atoms with Crippen molar-refractivity contribution in [3.63, 3.8) is 0 Å². The van der Waals surface area contributed by atoms with Crippen LogP contribution in [0.5, 0.6) is 0 Å². The molecule has 1 atom stereocenters. The molecule has 0 radical (unpaired) electrons. The first kappa shape index (κ1) is 22.8. The van der Waals surface area contributed by atoms with Crippen molar-refractivity contribution in [3.05, 3.63) is 89.2 Å². The molecular formula is C24H18F6N2O. The third-order valence-electron chi connectivity index (χ3n) is 5.66. The fourth-order valence-corrected chi connectivity index (χ4v) is 3.97. The van der Waals surface area contributed by atoms with E-state index in [-0.39, 0.29) is 34.6 Å². The van der Waals surface area contributed by atoms with Crippen molar-refractivity contribution in [1.29, 1.82) is 0 Å². The van der Waals surface area contributed by atoms with Crippen molar-refractivity contribution in [2.75, 3.05) is 13.1 Å². The highest BCUT2D eigenvalue weighted by Gasteiger charge is 2.37. The first-order valence-corrected chi connectivity index (χ1v) is 10.1. The highest BCUT2D eigenvalue weighted by molar-refractivity contribution is 5.95. The Bertz CT molecular complexity index is 1130. The number of nitrogens with zero attached hydrogens (tertiary/aromatic N) is 2. The standard InChI is InChI=1S/C24H18F6N2O/c25-23(26,27)20-10-19(11-21(12-20)24(28,29)30)15-3-1-4-16(9-15)22(33)32-8-6-18(14-32)17-5-2-7-31-13-17/h1-5,7,9-13,18H,6,8,14H2. The minimum Gasteiger partial charge on any atom is -0.338 e. The minimum atomic E-state index is -4.94. The molecule has 1 saturated heterocycles. The van der Waals surface area contributed by atoms with Gasteiger partial charge in [0.2, 0.25) is 0 Å². The maximum atomic E-state index is 13.2. The van der Waals surface area contributed by atoms with Crippen molar-refractivity contribution in [1.82, 2.24) is 9.88 Å². The van der Waals surface area contributed by atoms with Crippen LogP contribution in [0.1, 0.15) is 39.4 Å². The molecule has 33 heavy (non-hydrogen) atoms. The number of aromatic nitrogens is 1. The van der Waals surface area contributed by atoms with Gasteiger partial charge in [-0.2, -0.15) is 26.3 Å². The second-order valence-electron chi connectivity index (χ2n) is 7.90. The van der Waals surface area contributed by atoms with Crippen LogP contribution in [0.4, 0.5) is 26.3 Å². The Morgan fingerprint density at radius 3 is 2.18 bits per heavy atom. The summed E-state index contributed by atoms with van der Waals surface area (Å²) in [5, 5.41) is 0. The van der Waals surface area contributed by atoms with Gasteiger partial charge in [-0.1, -0.05) is 18.2 Å². The lowest BCUT2D eigenvalue weighted by Gasteiger charge is -2.18. The van der Waals surface area contributed by atoms with Crippen LogP contribution in [0.3, 0.4) is 0 Å². The molecule has 0 N–H and O–H groups in total. The third-order valence-corrected chi connectivity index (χ3v) is 5.66. The summed E-state index contributed by atoms with van der Waals surface area (Å²) >= 11 is 0. The van der Waals surface area contributed by atoms with E-state index in [2.05, 4.69) is 4.98 Å². The summed E-state index contributed by atoms with van der Waals surface area (Å²) in [7, 11) is 0. The summed E-state index contributed by atoms with van der Waals surface area (Å²) in [6, 6.07) is 10.8. The first-order valence-electron chi connectivity index (χ1n) is 10.1. The maximum Gasteiger partial charge on any atom is 0.416 e. The topological polar surface area (TPSA) is 33.2 Å². The highest BCUT2D eigenvalue weighted by Crippen LogP contribution is 2.39. The fourth-order valence-electron chi connectivity index (χ4n) is 3.97. The number of halogens is 6. The maximum absolute atomic E-state index is 13.2. The molecule has 3 nitrogen and oxygen atoms in total. The number of amides is 1. The van der Waals surface area contributed by atoms with Gasteiger partial charge >= 0.3 is 12.4 Å². The third kappa shape index (κ3) is 5.02. The number of hydrogen-bond acceptors (Lipinski definition) is 2. The summed E-state index contributed by atoms with van der Waals surface area (Å²) in [6.07, 6.45) is -5.75. The molecule has 1 aromatic heterocycles. The van der Waals surface area contributed by atoms with E-state index in [1.54, 1.807) is 17.3 Å². The predicted octanol–water partition coefficient (Wildman–Crippen LogP) is 6.42. The van der Waals surface area contributed by atoms with Crippen LogP contribution in [0.2, 0.25) is 0 Å². The Balaban J connectivity index is 1.63. The van der Waals surface area contributed by atoms with Gasteiger partial charge < -0.3 is 4.90 Å². The van der Waals surface area contributed by atoms with E-state index in [0.29, 0.717) is 25.2 Å². The lowest BCUT2D eigenvalue weighted by Crippen LogP contribution is -2.28. The molecule has 3 aromatic rings. The summed E-state index contributed by atoms with van der Waals surface area (Å²) in [6.45, 7) is 0.945. The van der Waals surface area contributed by atoms with Gasteiger partial charge in [-0.05, 0) is 59.5 Å². The molecule has 9 heteroatoms. The molecule has 2 heterocycles. The Labute approximate surface area is 185 Å². The summed E-state index contributed by atoms with van der Waals surface area (Å²) < 4.78 is 79.2. The van der Waals surface area contributed by atoms with Crippen LogP contribution in [0.25, 0.3) is 11.1 Å². The second-order valence-corrected chi connectivity index (χ2v) is 7.90. The highest BCUT2D eigenvalue weighted by atomic mass is 19.4. The van der Waals surface area contributed by atoms with Gasteiger partial charge in [0.05, 0.1) is 11.1 Å². The quantitative estimate of drug-likeness (QED) is 0.420. The average Bonchev–Trinajstić information content (AvgIpc) is 3.28. The number of hydrogen-bond donors (Lipinski definition) is 0. The van der Waals surface area contributed by atoms with Crippen LogP contribution < -0.4 is 0 Å². The lowest BCUT2D eigenvalue weighted by molar-refractivity contribution is -0.143. The van der Waals surface area contributed by atoms with Gasteiger partial charge in [-0.3, -0.25) is 9.78 Å². The normalized spacial score (nSPS) is 16.8. The van der Waals surface area contributed by atoms with Crippen LogP contribution in [0.15, 0.2) is 67.0 Å². The zero-order valence-electron chi connectivity index (χ0n) is 17.1. The summed E-state index contributed by atoms with van der Waals surface area (Å²) in [5.74, 6) is -0.213. The van der Waals surface area contributed by atoms with Crippen molar-refractivity contribution in [2.45, 2.75) is 24.7 Å². The zero-order valence-corrected chi connectivity index (χ0v) is 17.1. The zero-order chi connectivity index (χ0) is 23.8. The van der Waals surface area contributed by atoms with E-state index in [1.165, 1.54) is 24.3 Å². The molecule has 4 rings (SSSR count). The smallest absolute Gasteiger partial charge is 0.338 e. The largest absolute Gasteiger partial charge is 0.416 e. The number of rotatable bonds is 3. The molecule has 2 aromatic carbocycles. The molecule has 1 amide bonds. The monoisotopic (exact) mass is 464 g/mol. The van der Waals surface area contributed by atoms with E-state index >= 15 is 0 Å². The Morgan fingerprint density at radius 2 is 1.58 bits per heavy atom. The van der Waals surface area contributed by atoms with E-state index in [9.17, 15) is 31.1 Å². The summed E-state index contributed by atoms with van der Waals surface area (Å²) in [4.78, 5) is 18.7. The lowest BCUT2D eigenvalue weighted by atomic mass is 9.97. The van der Waals surface area contributed by atoms with Gasteiger partial charge in [0, 0.05) is 37.0 Å². The number of pyridine rings is 1. The molecule has 1 unspecified atom stereocenters. The SMILES string of the molecule is O=C(c1cccc(-c2cc(C(F)(F)F)cc(C(F)(F)F)c2)c1)N1CCC(c2cccnc2)C1. The van der Waals surface area contributed by atoms with Gasteiger partial charge in [-0.15, -0.1) is 0 Å². The number of likely N-dealkylation sites (tertiary alicyclic amines) is 1. The summed E-state index contributed by atoms with van der Waals surface area (Å²) in [5.41, 5.74) is -1.76. The van der Waals surface area contributed by atoms with Gasteiger partial charge in [0.15, 0.2) is 0 Å². The molecule has 1 aliphatic heterocycles. The Kier molecular flexibility index (Phi) is 5.90. The van der Waals surface area contributed by atoms with Crippen LogP contribution in [-0.2, 0) is 12.4 Å². The Morgan fingerprint density at radius 1 is 0.879 bits per heavy atom. The van der Waals surface area contributed by atoms with Crippen molar-refractivity contribution < 1.29 is 31.1 Å². The molecule has 0 spiro atoms. The second kappa shape index (κ2) is 8.53. The molecule has 0 aliphatic carbocycles. The molecule has 0 saturated carbocycles. The number of carbonyl (C=O) groups is 1. The van der Waals surface area contributed by atoms with E-state index in [1.807, 2.05) is 12.1 Å². The molecule has 172 valence electrons. The van der Waals surface area contributed by atoms with E-state index in [4.69, 9.17) is 0 Å². The predicted molar refractivity (Wildman–Crippen MR) is 109 cm³/mol. The number of carbonyl (C=O) groups excluding carboxylic acids is 1. The number of benzene rings is 2. The van der Waals surface area contributed by atoms with Gasteiger partial charge in [0.1, 0.15) is 0 Å². The van der Waals surface area contributed by atoms with Crippen LogP contribution in [0, 0.1) is 0 Å². The van der Waals surface area contributed by atoms with Gasteiger partial charge in [0.25, 0.3) is 5.91 Å². The molecule has 0 bridgehead atoms. The molecular weight excluding hydrogens is 446 g/mol. The number of alkyl halides is 6. The van der Waals surface area contributed by atoms with Crippen molar-refractivity contribution >= 4 is 5.91 Å². The first-order chi connectivity index (χ1) is 15.5. The van der Waals surface area contributed by atoms with Gasteiger partial charge in [-0.25, -0.2) is 0 Å². The molecule has 1 fully saturated rings. The van der Waals surface area contributed by atoms with E-state index < -0.39 is 23.5 Å². The fraction of sp³-hybridized carbons (Fsp3) is 0.250. The van der Waals surface area contributed by atoms with Crippen molar-refractivity contribution in [3.8, 4) is 11.1 Å². The van der Waals surface area contributed by atoms with Crippen LogP contribution >= 0.6 is 0 Å². The Hall–Kier alpha value is -3.36. The van der Waals surface area contributed by atoms with Crippen LogP contribution in [-0.4, -0.2) is 28.9 Å². The molecule has 1 aliphatic rings.